The molecule has 0 radical (unpaired) electrons. The number of rotatable bonds is 15. The van der Waals surface area contributed by atoms with Crippen LogP contribution < -0.4 is 25.6 Å². The van der Waals surface area contributed by atoms with Gasteiger partial charge >= 0.3 is 0 Å². The highest BCUT2D eigenvalue weighted by Crippen LogP contribution is 2.55. The number of anilines is 1. The largest absolute Gasteiger partial charge is 0.489 e. The summed E-state index contributed by atoms with van der Waals surface area (Å²) in [5, 5.41) is 29.5. The number of hydrogen-bond acceptors (Lipinski definition) is 12. The number of aromatic nitrogens is 2. The predicted octanol–water partition coefficient (Wildman–Crippen LogP) is 6.92. The van der Waals surface area contributed by atoms with Gasteiger partial charge in [-0.3, -0.25) is 24.1 Å². The number of aliphatic hydroxyl groups is 1. The second-order valence-electron chi connectivity index (χ2n) is 21.0. The van der Waals surface area contributed by atoms with Crippen LogP contribution in [0.5, 0.6) is 5.75 Å². The number of carbonyl (C=O) groups excluding carboxylic acids is 4. The first-order chi connectivity index (χ1) is 32.6. The highest BCUT2D eigenvalue weighted by molar-refractivity contribution is 7.13. The van der Waals surface area contributed by atoms with Crippen molar-refractivity contribution in [3.05, 3.63) is 93.7 Å². The summed E-state index contributed by atoms with van der Waals surface area (Å²) in [6.45, 7) is 21.5. The number of aryl methyl sites for hydroxylation is 1. The summed E-state index contributed by atoms with van der Waals surface area (Å²) in [4.78, 5) is 70.9. The minimum Gasteiger partial charge on any atom is -0.489 e. The number of nitrogens with one attached hydrogen (secondary N) is 3. The Balaban J connectivity index is 0.850. The molecule has 368 valence electrons. The van der Waals surface area contributed by atoms with E-state index in [1.54, 1.807) is 41.8 Å². The number of likely N-dealkylation sites (tertiary alicyclic amines) is 1. The molecule has 4 N–H and O–H groups in total. The van der Waals surface area contributed by atoms with Crippen LogP contribution in [-0.2, 0) is 14.4 Å². The minimum absolute atomic E-state index is 0.00609. The van der Waals surface area contributed by atoms with Crippen LogP contribution in [0, 0.1) is 34.5 Å². The monoisotopic (exact) mass is 979 g/mol. The maximum Gasteiger partial charge on any atom is 0.253 e. The number of thiazole rings is 1. The van der Waals surface area contributed by atoms with Crippen molar-refractivity contribution < 1.29 is 29.0 Å². The third kappa shape index (κ3) is 11.4. The summed E-state index contributed by atoms with van der Waals surface area (Å²) >= 11 is 7.84. The van der Waals surface area contributed by atoms with E-state index in [0.29, 0.717) is 34.9 Å². The van der Waals surface area contributed by atoms with Crippen LogP contribution in [0.1, 0.15) is 108 Å². The van der Waals surface area contributed by atoms with E-state index in [9.17, 15) is 29.5 Å². The molecule has 2 aromatic heterocycles. The number of carbonyl (C=O) groups is 4. The summed E-state index contributed by atoms with van der Waals surface area (Å²) < 4.78 is 6.37. The average Bonchev–Trinajstić information content (AvgIpc) is 3.93. The Bertz CT molecular complexity index is 2530. The molecule has 17 heteroatoms. The fourth-order valence-corrected chi connectivity index (χ4v) is 11.5. The number of β-amino-alcohol motifs (C(OH)–C–C–N with tert-alkyl or cyclic N) is 1. The van der Waals surface area contributed by atoms with Gasteiger partial charge in [0, 0.05) is 74.7 Å². The Morgan fingerprint density at radius 3 is 2.28 bits per heavy atom. The van der Waals surface area contributed by atoms with Gasteiger partial charge in [-0.15, -0.1) is 11.3 Å². The number of aliphatic hydroxyl groups excluding tert-OH is 1. The molecular formula is C52H66ClN9O6S. The summed E-state index contributed by atoms with van der Waals surface area (Å²) in [5.74, 6) is 0.172. The molecule has 7 rings (SSSR count). The molecular weight excluding hydrogens is 914 g/mol. The SMILES string of the molecule is Cc1ncsc1-c1ccc([C@H](C)NC(=O)C2C[C@@H](O)CN2C(=O)C(NC(=O)CCCN2CCN(c3ccc(C(=O)N[C@H]4C(C)(C)[C@H](Oc5ccc(C#N)c(Cl)c5)C4(C)C)cn3)CC2)C(C)(C)C)cc1. The first-order valence-electron chi connectivity index (χ1n) is 23.8. The van der Waals surface area contributed by atoms with Crippen molar-refractivity contribution >= 4 is 52.4 Å². The van der Waals surface area contributed by atoms with Crippen LogP contribution in [0.2, 0.25) is 5.02 Å². The molecule has 2 aromatic carbocycles. The number of ether oxygens (including phenoxy) is 1. The Hall–Kier alpha value is -5.60. The van der Waals surface area contributed by atoms with Gasteiger partial charge in [-0.25, -0.2) is 9.97 Å². The van der Waals surface area contributed by atoms with E-state index in [1.807, 2.05) is 70.5 Å². The zero-order valence-corrected chi connectivity index (χ0v) is 42.7. The number of halogens is 1. The molecule has 4 amide bonds. The van der Waals surface area contributed by atoms with Crippen LogP contribution in [0.4, 0.5) is 5.82 Å². The van der Waals surface area contributed by atoms with Gasteiger partial charge in [0.15, 0.2) is 0 Å². The van der Waals surface area contributed by atoms with Crippen molar-refractivity contribution in [1.82, 2.24) is 35.7 Å². The number of pyridine rings is 1. The van der Waals surface area contributed by atoms with Gasteiger partial charge in [0.2, 0.25) is 17.7 Å². The molecule has 69 heavy (non-hydrogen) atoms. The highest BCUT2D eigenvalue weighted by atomic mass is 35.5. The molecule has 2 unspecified atom stereocenters. The first-order valence-corrected chi connectivity index (χ1v) is 25.0. The molecule has 4 atom stereocenters. The van der Waals surface area contributed by atoms with Crippen LogP contribution in [0.25, 0.3) is 10.4 Å². The lowest BCUT2D eigenvalue weighted by atomic mass is 9.49. The molecule has 0 bridgehead atoms. The predicted molar refractivity (Wildman–Crippen MR) is 268 cm³/mol. The molecule has 3 aliphatic rings. The van der Waals surface area contributed by atoms with Gasteiger partial charge in [-0.1, -0.05) is 84.3 Å². The van der Waals surface area contributed by atoms with Crippen molar-refractivity contribution in [3.8, 4) is 22.3 Å². The van der Waals surface area contributed by atoms with E-state index in [2.05, 4.69) is 69.5 Å². The topological polar surface area (TPSA) is 193 Å². The minimum atomic E-state index is -0.898. The maximum absolute atomic E-state index is 14.2. The zero-order chi connectivity index (χ0) is 50.0. The third-order valence-electron chi connectivity index (χ3n) is 14.1. The van der Waals surface area contributed by atoms with E-state index >= 15 is 0 Å². The van der Waals surface area contributed by atoms with Gasteiger partial charge in [-0.2, -0.15) is 5.26 Å². The molecule has 15 nitrogen and oxygen atoms in total. The van der Waals surface area contributed by atoms with Gasteiger partial charge in [0.1, 0.15) is 35.8 Å². The number of piperazine rings is 1. The van der Waals surface area contributed by atoms with E-state index in [-0.39, 0.29) is 61.2 Å². The van der Waals surface area contributed by atoms with Gasteiger partial charge < -0.3 is 35.6 Å². The Labute approximate surface area is 415 Å². The van der Waals surface area contributed by atoms with Crippen LogP contribution in [0.15, 0.2) is 66.3 Å². The number of benzene rings is 2. The van der Waals surface area contributed by atoms with Crippen molar-refractivity contribution in [3.63, 3.8) is 0 Å². The Kier molecular flexibility index (Phi) is 15.4. The summed E-state index contributed by atoms with van der Waals surface area (Å²) in [7, 11) is 0. The number of nitriles is 1. The molecule has 2 saturated heterocycles. The lowest BCUT2D eigenvalue weighted by Gasteiger charge is -2.63. The fourth-order valence-electron chi connectivity index (χ4n) is 10.4. The van der Waals surface area contributed by atoms with Gasteiger partial charge in [-0.05, 0) is 67.6 Å². The Morgan fingerprint density at radius 2 is 1.68 bits per heavy atom. The van der Waals surface area contributed by atoms with Crippen molar-refractivity contribution in [2.45, 2.75) is 118 Å². The first kappa shape index (κ1) is 51.3. The second kappa shape index (κ2) is 20.8. The molecule has 2 aliphatic heterocycles. The fraction of sp³-hybridized carbons (Fsp3) is 0.519. The van der Waals surface area contributed by atoms with Crippen LogP contribution in [-0.4, -0.2) is 118 Å². The quantitative estimate of drug-likeness (QED) is 0.0967. The average molecular weight is 981 g/mol. The van der Waals surface area contributed by atoms with Crippen LogP contribution >= 0.6 is 22.9 Å². The Morgan fingerprint density at radius 1 is 0.986 bits per heavy atom. The van der Waals surface area contributed by atoms with Crippen LogP contribution in [0.3, 0.4) is 0 Å². The van der Waals surface area contributed by atoms with Gasteiger partial charge in [0.05, 0.1) is 44.4 Å². The molecule has 4 aromatic rings. The highest BCUT2D eigenvalue weighted by Gasteiger charge is 2.64. The third-order valence-corrected chi connectivity index (χ3v) is 15.4. The van der Waals surface area contributed by atoms with Crippen molar-refractivity contribution in [2.75, 3.05) is 44.2 Å². The number of nitrogens with zero attached hydrogens (tertiary/aromatic N) is 6. The van der Waals surface area contributed by atoms with Crippen molar-refractivity contribution in [2.24, 2.45) is 16.2 Å². The molecule has 1 aliphatic carbocycles. The lowest BCUT2D eigenvalue weighted by Crippen LogP contribution is -2.74. The van der Waals surface area contributed by atoms with E-state index in [0.717, 1.165) is 53.7 Å². The van der Waals surface area contributed by atoms with E-state index < -0.39 is 34.4 Å². The molecule has 3 fully saturated rings. The standard InChI is InChI=1S/C52H66ClN9O6S/c1-31(33-12-14-34(15-13-33)43-32(2)56-30-69-43)57-46(66)40-25-37(63)29-62(40)47(67)44(50(3,4)5)58-42(64)11-10-20-60-21-23-61(24-22-60)41-19-17-36(28-55-41)45(65)59-48-51(6,7)49(52(48,8)9)68-38-18-16-35(27-54)39(53)26-38/h12-19,26,28,30-31,37,40,44,48-49,63H,10-11,20-25,29H2,1-9H3,(H,57,66)(H,58,64)(H,59,65)/t31-,37+,40?,44?,48-,49-/m0/s1. The lowest BCUT2D eigenvalue weighted by molar-refractivity contribution is -0.164. The van der Waals surface area contributed by atoms with E-state index in [4.69, 9.17) is 16.3 Å². The van der Waals surface area contributed by atoms with E-state index in [1.165, 1.54) is 4.90 Å². The number of hydrogen-bond donors (Lipinski definition) is 4. The summed E-state index contributed by atoms with van der Waals surface area (Å²) in [5.41, 5.74) is 4.15. The molecule has 0 spiro atoms. The second-order valence-corrected chi connectivity index (χ2v) is 22.3. The number of amides is 4. The summed E-state index contributed by atoms with van der Waals surface area (Å²) in [6, 6.07) is 16.5. The zero-order valence-electron chi connectivity index (χ0n) is 41.1. The normalized spacial score (nSPS) is 21.9. The van der Waals surface area contributed by atoms with Gasteiger partial charge in [0.25, 0.3) is 5.91 Å². The molecule has 1 saturated carbocycles. The smallest absolute Gasteiger partial charge is 0.253 e. The maximum atomic E-state index is 14.2. The summed E-state index contributed by atoms with van der Waals surface area (Å²) in [6.07, 6.45) is 1.47. The molecule has 4 heterocycles. The van der Waals surface area contributed by atoms with Crippen molar-refractivity contribution in [1.29, 1.82) is 5.26 Å².